The number of nitrogens with one attached hydrogen (secondary N) is 1. The van der Waals surface area contributed by atoms with Crippen LogP contribution in [-0.2, 0) is 6.54 Å². The van der Waals surface area contributed by atoms with Gasteiger partial charge in [0.25, 0.3) is 0 Å². The summed E-state index contributed by atoms with van der Waals surface area (Å²) in [6, 6.07) is 6.52. The van der Waals surface area contributed by atoms with Crippen molar-refractivity contribution < 1.29 is 0 Å². The molecule has 100 valence electrons. The molecule has 0 radical (unpaired) electrons. The van der Waals surface area contributed by atoms with Crippen molar-refractivity contribution in [1.82, 2.24) is 20.2 Å². The Morgan fingerprint density at radius 2 is 2.42 bits per heavy atom. The molecule has 0 amide bonds. The fraction of sp³-hybridized carbons (Fsp3) is 0.429. The minimum atomic E-state index is 0.578. The molecule has 1 aliphatic rings. The van der Waals surface area contributed by atoms with Crippen LogP contribution in [0.3, 0.4) is 0 Å². The summed E-state index contributed by atoms with van der Waals surface area (Å²) in [5, 5.41) is 6.58. The van der Waals surface area contributed by atoms with Gasteiger partial charge in [-0.3, -0.25) is 9.88 Å². The first-order valence-electron chi connectivity index (χ1n) is 6.63. The maximum absolute atomic E-state index is 4.70. The van der Waals surface area contributed by atoms with Crippen LogP contribution in [0.5, 0.6) is 0 Å². The van der Waals surface area contributed by atoms with Crippen LogP contribution in [0.4, 0.5) is 0 Å². The minimum Gasteiger partial charge on any atom is -0.314 e. The predicted molar refractivity (Wildman–Crippen MR) is 78.1 cm³/mol. The zero-order valence-electron chi connectivity index (χ0n) is 11.0. The lowest BCUT2D eigenvalue weighted by molar-refractivity contribution is 0.164. The Hall–Kier alpha value is -1.30. The van der Waals surface area contributed by atoms with Gasteiger partial charge in [-0.1, -0.05) is 6.07 Å². The number of piperazine rings is 1. The summed E-state index contributed by atoms with van der Waals surface area (Å²) < 4.78 is 0. The number of hydrogen-bond acceptors (Lipinski definition) is 5. The van der Waals surface area contributed by atoms with Crippen molar-refractivity contribution in [1.29, 1.82) is 0 Å². The molecular weight excluding hydrogens is 256 g/mol. The predicted octanol–water partition coefficient (Wildman–Crippen LogP) is 2.00. The van der Waals surface area contributed by atoms with E-state index in [1.165, 1.54) is 0 Å². The lowest BCUT2D eigenvalue weighted by Crippen LogP contribution is -2.49. The summed E-state index contributed by atoms with van der Waals surface area (Å²) in [5.41, 5.74) is 2.12. The van der Waals surface area contributed by atoms with E-state index >= 15 is 0 Å². The molecule has 19 heavy (non-hydrogen) atoms. The van der Waals surface area contributed by atoms with Gasteiger partial charge in [-0.15, -0.1) is 11.3 Å². The van der Waals surface area contributed by atoms with Crippen LogP contribution in [0.15, 0.2) is 29.8 Å². The van der Waals surface area contributed by atoms with Crippen molar-refractivity contribution in [2.24, 2.45) is 0 Å². The van der Waals surface area contributed by atoms with Crippen LogP contribution < -0.4 is 5.32 Å². The molecule has 1 fully saturated rings. The van der Waals surface area contributed by atoms with Gasteiger partial charge >= 0.3 is 0 Å². The van der Waals surface area contributed by atoms with Gasteiger partial charge in [-0.2, -0.15) is 0 Å². The largest absolute Gasteiger partial charge is 0.314 e. The van der Waals surface area contributed by atoms with E-state index in [9.17, 15) is 0 Å². The smallest absolute Gasteiger partial charge is 0.142 e. The molecule has 2 aromatic rings. The molecule has 0 bridgehead atoms. The highest BCUT2D eigenvalue weighted by Gasteiger charge is 2.19. The van der Waals surface area contributed by atoms with E-state index in [0.29, 0.717) is 6.04 Å². The molecule has 1 N–H and O–H groups in total. The summed E-state index contributed by atoms with van der Waals surface area (Å²) in [5.74, 6) is 0. The summed E-state index contributed by atoms with van der Waals surface area (Å²) >= 11 is 1.68. The van der Waals surface area contributed by atoms with Gasteiger partial charge < -0.3 is 5.32 Å². The molecule has 0 aromatic carbocycles. The average Bonchev–Trinajstić information content (AvgIpc) is 2.91. The van der Waals surface area contributed by atoms with Gasteiger partial charge in [-0.25, -0.2) is 4.98 Å². The monoisotopic (exact) mass is 274 g/mol. The van der Waals surface area contributed by atoms with Crippen molar-refractivity contribution >= 4 is 11.3 Å². The second-order valence-corrected chi connectivity index (χ2v) is 5.74. The van der Waals surface area contributed by atoms with Gasteiger partial charge in [-0.05, 0) is 19.1 Å². The molecule has 1 atom stereocenters. The summed E-state index contributed by atoms with van der Waals surface area (Å²) in [7, 11) is 0. The maximum atomic E-state index is 4.70. The normalized spacial score (nSPS) is 20.6. The summed E-state index contributed by atoms with van der Waals surface area (Å²) in [6.07, 6.45) is 1.81. The van der Waals surface area contributed by atoms with Gasteiger partial charge in [0.05, 0.1) is 11.4 Å². The Bertz CT molecular complexity index is 525. The van der Waals surface area contributed by atoms with Crippen molar-refractivity contribution in [2.45, 2.75) is 19.5 Å². The highest BCUT2D eigenvalue weighted by molar-refractivity contribution is 7.13. The SMILES string of the molecule is CC1CNCCN1Cc1csc(-c2ccccn2)n1. The van der Waals surface area contributed by atoms with E-state index < -0.39 is 0 Å². The number of nitrogens with zero attached hydrogens (tertiary/aromatic N) is 3. The molecule has 3 rings (SSSR count). The molecule has 1 aliphatic heterocycles. The van der Waals surface area contributed by atoms with E-state index in [1.54, 1.807) is 11.3 Å². The molecule has 0 saturated carbocycles. The van der Waals surface area contributed by atoms with Gasteiger partial charge in [0.1, 0.15) is 5.01 Å². The first-order valence-corrected chi connectivity index (χ1v) is 7.51. The Labute approximate surface area is 117 Å². The van der Waals surface area contributed by atoms with Crippen molar-refractivity contribution in [3.05, 3.63) is 35.5 Å². The second-order valence-electron chi connectivity index (χ2n) is 4.88. The third kappa shape index (κ3) is 3.00. The van der Waals surface area contributed by atoms with E-state index in [4.69, 9.17) is 4.98 Å². The Balaban J connectivity index is 1.71. The Morgan fingerprint density at radius 1 is 1.47 bits per heavy atom. The zero-order chi connectivity index (χ0) is 13.1. The van der Waals surface area contributed by atoms with E-state index in [0.717, 1.165) is 42.6 Å². The fourth-order valence-electron chi connectivity index (χ4n) is 2.31. The molecule has 1 unspecified atom stereocenters. The lowest BCUT2D eigenvalue weighted by atomic mass is 10.2. The summed E-state index contributed by atoms with van der Waals surface area (Å²) in [6.45, 7) is 6.43. The Morgan fingerprint density at radius 3 is 3.21 bits per heavy atom. The highest BCUT2D eigenvalue weighted by atomic mass is 32.1. The van der Waals surface area contributed by atoms with Crippen molar-refractivity contribution in [3.63, 3.8) is 0 Å². The highest BCUT2D eigenvalue weighted by Crippen LogP contribution is 2.22. The number of pyridine rings is 1. The zero-order valence-corrected chi connectivity index (χ0v) is 11.9. The quantitative estimate of drug-likeness (QED) is 0.929. The minimum absolute atomic E-state index is 0.578. The van der Waals surface area contributed by atoms with Gasteiger partial charge in [0.2, 0.25) is 0 Å². The first-order chi connectivity index (χ1) is 9.33. The van der Waals surface area contributed by atoms with Crippen LogP contribution in [0.1, 0.15) is 12.6 Å². The van der Waals surface area contributed by atoms with Crippen LogP contribution in [0, 0.1) is 0 Å². The molecular formula is C14H18N4S. The summed E-state index contributed by atoms with van der Waals surface area (Å²) in [4.78, 5) is 11.5. The molecule has 2 aromatic heterocycles. The number of aromatic nitrogens is 2. The molecule has 1 saturated heterocycles. The third-order valence-electron chi connectivity index (χ3n) is 3.44. The molecule has 5 heteroatoms. The first kappa shape index (κ1) is 12.7. The molecule has 3 heterocycles. The topological polar surface area (TPSA) is 41.0 Å². The van der Waals surface area contributed by atoms with Crippen LogP contribution >= 0.6 is 11.3 Å². The van der Waals surface area contributed by atoms with Crippen molar-refractivity contribution in [2.75, 3.05) is 19.6 Å². The van der Waals surface area contributed by atoms with E-state index in [2.05, 4.69) is 27.5 Å². The molecule has 0 aliphatic carbocycles. The lowest BCUT2D eigenvalue weighted by Gasteiger charge is -2.33. The van der Waals surface area contributed by atoms with E-state index in [1.807, 2.05) is 24.4 Å². The third-order valence-corrected chi connectivity index (χ3v) is 4.35. The van der Waals surface area contributed by atoms with Crippen molar-refractivity contribution in [3.8, 4) is 10.7 Å². The number of rotatable bonds is 3. The molecule has 0 spiro atoms. The number of thiazole rings is 1. The molecule has 4 nitrogen and oxygen atoms in total. The van der Waals surface area contributed by atoms with Gasteiger partial charge in [0, 0.05) is 43.8 Å². The standard InChI is InChI=1S/C14H18N4S/c1-11-8-15-6-7-18(11)9-12-10-19-14(17-12)13-4-2-3-5-16-13/h2-5,10-11,15H,6-9H2,1H3. The second kappa shape index (κ2) is 5.77. The Kier molecular flexibility index (Phi) is 3.87. The van der Waals surface area contributed by atoms with Gasteiger partial charge in [0.15, 0.2) is 0 Å². The fourth-order valence-corrected chi connectivity index (χ4v) is 3.10. The van der Waals surface area contributed by atoms with Crippen LogP contribution in [-0.4, -0.2) is 40.5 Å². The van der Waals surface area contributed by atoms with E-state index in [-0.39, 0.29) is 0 Å². The maximum Gasteiger partial charge on any atom is 0.142 e. The van der Waals surface area contributed by atoms with Crippen LogP contribution in [0.2, 0.25) is 0 Å². The number of hydrogen-bond donors (Lipinski definition) is 1. The van der Waals surface area contributed by atoms with Crippen LogP contribution in [0.25, 0.3) is 10.7 Å². The average molecular weight is 274 g/mol.